The molecular formula is C74H133NO13. The van der Waals surface area contributed by atoms with Crippen molar-refractivity contribution in [3.05, 3.63) is 72.9 Å². The molecule has 512 valence electrons. The van der Waals surface area contributed by atoms with Crippen molar-refractivity contribution in [3.8, 4) is 0 Å². The predicted molar refractivity (Wildman–Crippen MR) is 360 cm³/mol. The summed E-state index contributed by atoms with van der Waals surface area (Å²) in [6, 6.07) is -0.939. The molecule has 9 N–H and O–H groups in total. The molecule has 2 aliphatic heterocycles. The third-order valence-corrected chi connectivity index (χ3v) is 17.3. The highest BCUT2D eigenvalue weighted by molar-refractivity contribution is 5.76. The van der Waals surface area contributed by atoms with Crippen LogP contribution in [0.2, 0.25) is 0 Å². The first-order valence-electron chi connectivity index (χ1n) is 36.2. The number of aliphatic hydroxyl groups is 8. The van der Waals surface area contributed by atoms with Crippen molar-refractivity contribution in [2.24, 2.45) is 0 Å². The Morgan fingerprint density at radius 3 is 1.19 bits per heavy atom. The molecule has 14 heteroatoms. The lowest BCUT2D eigenvalue weighted by Crippen LogP contribution is -2.65. The maximum Gasteiger partial charge on any atom is 0.220 e. The van der Waals surface area contributed by atoms with Crippen LogP contribution >= 0.6 is 0 Å². The Balaban J connectivity index is 1.57. The van der Waals surface area contributed by atoms with E-state index in [-0.39, 0.29) is 18.9 Å². The van der Waals surface area contributed by atoms with Crippen molar-refractivity contribution in [2.45, 2.75) is 370 Å². The van der Waals surface area contributed by atoms with Gasteiger partial charge < -0.3 is 65.1 Å². The van der Waals surface area contributed by atoms with Gasteiger partial charge in [0.1, 0.15) is 48.8 Å². The molecule has 0 aromatic carbocycles. The lowest BCUT2D eigenvalue weighted by atomic mass is 9.97. The van der Waals surface area contributed by atoms with Gasteiger partial charge in [-0.2, -0.15) is 0 Å². The quantitative estimate of drug-likeness (QED) is 0.0204. The minimum absolute atomic E-state index is 0.251. The summed E-state index contributed by atoms with van der Waals surface area (Å²) >= 11 is 0. The number of ether oxygens (including phenoxy) is 4. The molecule has 0 spiro atoms. The number of rotatable bonds is 59. The second-order valence-electron chi connectivity index (χ2n) is 25.3. The maximum absolute atomic E-state index is 13.3. The molecule has 2 saturated heterocycles. The summed E-state index contributed by atoms with van der Waals surface area (Å²) in [4.78, 5) is 13.3. The topological polar surface area (TPSA) is 228 Å². The normalized spacial score (nSPS) is 23.6. The molecule has 14 nitrogen and oxygen atoms in total. The van der Waals surface area contributed by atoms with Crippen molar-refractivity contribution < 1.29 is 64.6 Å². The number of hydrogen-bond acceptors (Lipinski definition) is 13. The number of hydrogen-bond donors (Lipinski definition) is 9. The van der Waals surface area contributed by atoms with Crippen LogP contribution in [0, 0.1) is 0 Å². The highest BCUT2D eigenvalue weighted by atomic mass is 16.7. The number of nitrogens with one attached hydrogen (secondary N) is 1. The van der Waals surface area contributed by atoms with Gasteiger partial charge in [-0.3, -0.25) is 4.79 Å². The number of amides is 1. The average molecular weight is 1240 g/mol. The van der Waals surface area contributed by atoms with Crippen molar-refractivity contribution in [2.75, 3.05) is 19.8 Å². The summed E-state index contributed by atoms with van der Waals surface area (Å²) in [6.07, 6.45) is 62.8. The largest absolute Gasteiger partial charge is 0.394 e. The van der Waals surface area contributed by atoms with E-state index in [1.807, 2.05) is 6.08 Å². The smallest absolute Gasteiger partial charge is 0.220 e. The van der Waals surface area contributed by atoms with Gasteiger partial charge in [0.25, 0.3) is 0 Å². The first-order valence-corrected chi connectivity index (χ1v) is 36.2. The molecule has 0 aromatic rings. The Morgan fingerprint density at radius 1 is 0.409 bits per heavy atom. The summed E-state index contributed by atoms with van der Waals surface area (Å²) < 4.78 is 22.8. The van der Waals surface area contributed by atoms with E-state index in [1.165, 1.54) is 205 Å². The first kappa shape index (κ1) is 81.5. The number of allylic oxidation sites excluding steroid dienone is 11. The van der Waals surface area contributed by atoms with E-state index in [9.17, 15) is 45.6 Å². The molecule has 12 unspecified atom stereocenters. The van der Waals surface area contributed by atoms with E-state index < -0.39 is 86.8 Å². The van der Waals surface area contributed by atoms with E-state index >= 15 is 0 Å². The lowest BCUT2D eigenvalue weighted by molar-refractivity contribution is -0.359. The molecule has 0 saturated carbocycles. The van der Waals surface area contributed by atoms with Crippen LogP contribution in [0.4, 0.5) is 0 Å². The molecule has 88 heavy (non-hydrogen) atoms. The summed E-state index contributed by atoms with van der Waals surface area (Å²) in [5, 5.41) is 87.2. The Hall–Kier alpha value is -2.57. The molecule has 2 rings (SSSR count). The first-order chi connectivity index (χ1) is 43.1. The molecule has 0 aromatic heterocycles. The molecule has 12 atom stereocenters. The SMILES string of the molecule is CCCCCCC/C=C\C/C=C\C/C=C\CCCCCCCCCCCCCCCCCCCCCCCCCCC(=O)NC(COC1OC(CO)C(OC2OC(CO)C(O)C(O)C2O)C(O)C1O)C(O)/C=C/CC/C=C/CC/C=C/CCCCCCC. The van der Waals surface area contributed by atoms with Crippen molar-refractivity contribution in [3.63, 3.8) is 0 Å². The third kappa shape index (κ3) is 41.8. The van der Waals surface area contributed by atoms with Crippen LogP contribution in [0.3, 0.4) is 0 Å². The molecule has 2 fully saturated rings. The number of carbonyl (C=O) groups excluding carboxylic acids is 1. The standard InChI is InChI=1S/C74H133NO13/c1-3-5-7-9-11-13-15-17-19-20-21-22-23-24-25-26-27-28-29-30-31-32-33-34-35-36-37-38-39-40-41-42-44-46-48-50-52-54-56-58-66(79)75-62(63(78)57-55-53-51-49-47-45-43-18-16-14-12-10-8-6-4-2)61-85-73-71(84)69(82)72(65(60-77)87-73)88-74-70(83)68(81)67(80)64(59-76)86-74/h15-18,20-21,23-24,47,49,55,57,62-65,67-74,76-78,80-84H,3-14,19,22,25-46,48,50-54,56,58-61H2,1-2H3,(H,75,79)/b17-15-,18-16+,21-20-,24-23-,49-47+,57-55+. The fourth-order valence-electron chi connectivity index (χ4n) is 11.6. The van der Waals surface area contributed by atoms with Gasteiger partial charge in [-0.1, -0.05) is 279 Å². The molecule has 0 radical (unpaired) electrons. The van der Waals surface area contributed by atoms with Crippen molar-refractivity contribution in [1.29, 1.82) is 0 Å². The monoisotopic (exact) mass is 1240 g/mol. The van der Waals surface area contributed by atoms with Crippen LogP contribution in [0.5, 0.6) is 0 Å². The summed E-state index contributed by atoms with van der Waals surface area (Å²) in [5.74, 6) is -0.251. The number of carbonyl (C=O) groups is 1. The van der Waals surface area contributed by atoms with Gasteiger partial charge in [0.15, 0.2) is 12.6 Å². The Kier molecular flexibility index (Phi) is 54.0. The van der Waals surface area contributed by atoms with Crippen LogP contribution in [0.1, 0.15) is 296 Å². The minimum atomic E-state index is -1.79. The summed E-state index contributed by atoms with van der Waals surface area (Å²) in [7, 11) is 0. The van der Waals surface area contributed by atoms with Crippen LogP contribution in [-0.4, -0.2) is 140 Å². The second kappa shape index (κ2) is 58.3. The molecule has 2 heterocycles. The Labute approximate surface area is 536 Å². The Bertz CT molecular complexity index is 1750. The van der Waals surface area contributed by atoms with Gasteiger partial charge in [0.05, 0.1) is 32.0 Å². The third-order valence-electron chi connectivity index (χ3n) is 17.3. The average Bonchev–Trinajstić information content (AvgIpc) is 2.99. The van der Waals surface area contributed by atoms with Gasteiger partial charge >= 0.3 is 0 Å². The van der Waals surface area contributed by atoms with E-state index in [2.05, 4.69) is 79.9 Å². The molecule has 2 aliphatic rings. The Morgan fingerprint density at radius 2 is 0.761 bits per heavy atom. The van der Waals surface area contributed by atoms with E-state index in [0.717, 1.165) is 57.8 Å². The fourth-order valence-corrected chi connectivity index (χ4v) is 11.6. The van der Waals surface area contributed by atoms with Gasteiger partial charge in [-0.25, -0.2) is 0 Å². The van der Waals surface area contributed by atoms with Crippen molar-refractivity contribution >= 4 is 5.91 Å². The minimum Gasteiger partial charge on any atom is -0.394 e. The van der Waals surface area contributed by atoms with Crippen LogP contribution in [0.25, 0.3) is 0 Å². The zero-order chi connectivity index (χ0) is 63.8. The van der Waals surface area contributed by atoms with Crippen LogP contribution < -0.4 is 5.32 Å². The van der Waals surface area contributed by atoms with E-state index in [4.69, 9.17) is 18.9 Å². The van der Waals surface area contributed by atoms with E-state index in [0.29, 0.717) is 12.8 Å². The second-order valence-corrected chi connectivity index (χ2v) is 25.3. The summed E-state index contributed by atoms with van der Waals surface area (Å²) in [5.41, 5.74) is 0. The summed E-state index contributed by atoms with van der Waals surface area (Å²) in [6.45, 7) is 2.76. The predicted octanol–water partition coefficient (Wildman–Crippen LogP) is 15.0. The zero-order valence-corrected chi connectivity index (χ0v) is 55.7. The van der Waals surface area contributed by atoms with Crippen molar-refractivity contribution in [1.82, 2.24) is 5.32 Å². The van der Waals surface area contributed by atoms with E-state index in [1.54, 1.807) is 6.08 Å². The highest BCUT2D eigenvalue weighted by Gasteiger charge is 2.51. The molecular weight excluding hydrogens is 1110 g/mol. The van der Waals surface area contributed by atoms with Gasteiger partial charge in [0, 0.05) is 6.42 Å². The molecule has 0 aliphatic carbocycles. The molecule has 0 bridgehead atoms. The van der Waals surface area contributed by atoms with Gasteiger partial charge in [-0.15, -0.1) is 0 Å². The van der Waals surface area contributed by atoms with Crippen LogP contribution in [0.15, 0.2) is 72.9 Å². The lowest BCUT2D eigenvalue weighted by Gasteiger charge is -2.46. The van der Waals surface area contributed by atoms with Crippen LogP contribution in [-0.2, 0) is 23.7 Å². The van der Waals surface area contributed by atoms with Gasteiger partial charge in [0.2, 0.25) is 5.91 Å². The molecule has 1 amide bonds. The highest BCUT2D eigenvalue weighted by Crippen LogP contribution is 2.30. The maximum atomic E-state index is 13.3. The van der Waals surface area contributed by atoms with Gasteiger partial charge in [-0.05, 0) is 83.5 Å². The number of unbranched alkanes of at least 4 members (excludes halogenated alkanes) is 36. The fraction of sp³-hybridized carbons (Fsp3) is 0.824. The number of aliphatic hydroxyl groups excluding tert-OH is 8. The zero-order valence-electron chi connectivity index (χ0n) is 55.7.